The van der Waals surface area contributed by atoms with E-state index in [1.165, 1.54) is 0 Å². The Hall–Kier alpha value is -1.94. The van der Waals surface area contributed by atoms with E-state index in [0.29, 0.717) is 11.8 Å². The molecule has 118 valence electrons. The van der Waals surface area contributed by atoms with Crippen molar-refractivity contribution in [2.75, 3.05) is 13.1 Å². The van der Waals surface area contributed by atoms with Crippen LogP contribution in [0.25, 0.3) is 10.8 Å². The van der Waals surface area contributed by atoms with E-state index in [-0.39, 0.29) is 20.2 Å². The van der Waals surface area contributed by atoms with Crippen molar-refractivity contribution in [1.29, 1.82) is 0 Å². The minimum atomic E-state index is -0.387. The third-order valence-corrected chi connectivity index (χ3v) is 5.18. The summed E-state index contributed by atoms with van der Waals surface area (Å²) in [7, 11) is 0. The van der Waals surface area contributed by atoms with Gasteiger partial charge in [-0.1, -0.05) is 18.2 Å². The number of amides is 1. The Labute approximate surface area is 133 Å². The number of benzene rings is 1. The van der Waals surface area contributed by atoms with Crippen molar-refractivity contribution in [3.63, 3.8) is 0 Å². The SMILES string of the molecule is CC(C)(NC(=O)C1[C@H]2CNC[C@@H]12)c1cccc2cnccc12.[HH].[HH]. The normalized spacial score (nSPS) is 26.7. The van der Waals surface area contributed by atoms with Crippen LogP contribution in [0.2, 0.25) is 0 Å². The number of carbonyl (C=O) groups is 1. The molecule has 3 atom stereocenters. The number of carbonyl (C=O) groups excluding carboxylic acids is 1. The lowest BCUT2D eigenvalue weighted by atomic mass is 9.89. The van der Waals surface area contributed by atoms with E-state index in [9.17, 15) is 4.79 Å². The first kappa shape index (κ1) is 13.7. The van der Waals surface area contributed by atoms with Crippen molar-refractivity contribution in [3.05, 3.63) is 42.2 Å². The lowest BCUT2D eigenvalue weighted by Crippen LogP contribution is -2.43. The molecule has 22 heavy (non-hydrogen) atoms. The number of aromatic nitrogens is 1. The van der Waals surface area contributed by atoms with Crippen molar-refractivity contribution >= 4 is 16.7 Å². The summed E-state index contributed by atoms with van der Waals surface area (Å²) in [5.41, 5.74) is 0.757. The van der Waals surface area contributed by atoms with Gasteiger partial charge >= 0.3 is 0 Å². The van der Waals surface area contributed by atoms with E-state index < -0.39 is 0 Å². The molecule has 0 radical (unpaired) electrons. The summed E-state index contributed by atoms with van der Waals surface area (Å²) in [6, 6.07) is 8.20. The highest BCUT2D eigenvalue weighted by Crippen LogP contribution is 2.49. The molecule has 1 aromatic heterocycles. The van der Waals surface area contributed by atoms with Gasteiger partial charge in [0.25, 0.3) is 0 Å². The first-order valence-electron chi connectivity index (χ1n) is 7.94. The van der Waals surface area contributed by atoms with Crippen LogP contribution >= 0.6 is 0 Å². The number of hydrogen-bond donors (Lipinski definition) is 2. The van der Waals surface area contributed by atoms with E-state index in [1.807, 2.05) is 18.3 Å². The molecule has 1 aliphatic carbocycles. The van der Waals surface area contributed by atoms with Gasteiger partial charge in [0.15, 0.2) is 0 Å². The van der Waals surface area contributed by atoms with Crippen molar-refractivity contribution < 1.29 is 7.65 Å². The minimum absolute atomic E-state index is 0. The quantitative estimate of drug-likeness (QED) is 0.916. The summed E-state index contributed by atoms with van der Waals surface area (Å²) in [5.74, 6) is 1.50. The Morgan fingerprint density at radius 2 is 2.09 bits per heavy atom. The molecule has 0 bridgehead atoms. The Balaban J connectivity index is 0.00000104. The smallest absolute Gasteiger partial charge is 0.224 e. The van der Waals surface area contributed by atoms with Gasteiger partial charge < -0.3 is 10.6 Å². The van der Waals surface area contributed by atoms with Gasteiger partial charge in [0.05, 0.1) is 5.54 Å². The molecule has 0 spiro atoms. The van der Waals surface area contributed by atoms with Crippen LogP contribution in [0.4, 0.5) is 0 Å². The average Bonchev–Trinajstić information content (AvgIpc) is 3.00. The second-order valence-electron chi connectivity index (χ2n) is 7.03. The average molecular weight is 299 g/mol. The van der Waals surface area contributed by atoms with Crippen molar-refractivity contribution in [2.45, 2.75) is 19.4 Å². The summed E-state index contributed by atoms with van der Waals surface area (Å²) >= 11 is 0. The minimum Gasteiger partial charge on any atom is -0.347 e. The maximum absolute atomic E-state index is 12.6. The van der Waals surface area contributed by atoms with Gasteiger partial charge in [0.2, 0.25) is 5.91 Å². The van der Waals surface area contributed by atoms with Crippen molar-refractivity contribution in [1.82, 2.24) is 15.6 Å². The number of nitrogens with zero attached hydrogens (tertiary/aromatic N) is 1. The fourth-order valence-electron chi connectivity index (χ4n) is 3.93. The van der Waals surface area contributed by atoms with Gasteiger partial charge in [-0.2, -0.15) is 0 Å². The highest BCUT2D eigenvalue weighted by atomic mass is 16.2. The van der Waals surface area contributed by atoms with Crippen molar-refractivity contribution in [3.8, 4) is 0 Å². The summed E-state index contributed by atoms with van der Waals surface area (Å²) < 4.78 is 0. The zero-order chi connectivity index (χ0) is 15.3. The third kappa shape index (κ3) is 2.10. The molecular formula is C18H25N3O. The van der Waals surface area contributed by atoms with Gasteiger partial charge in [-0.15, -0.1) is 0 Å². The highest BCUT2D eigenvalue weighted by Gasteiger charge is 2.57. The fraction of sp³-hybridized carbons (Fsp3) is 0.444. The number of pyridine rings is 1. The molecule has 4 heteroatoms. The topological polar surface area (TPSA) is 54.0 Å². The lowest BCUT2D eigenvalue weighted by Gasteiger charge is -2.28. The predicted molar refractivity (Wildman–Crippen MR) is 90.5 cm³/mol. The molecule has 2 aliphatic rings. The van der Waals surface area contributed by atoms with Crippen LogP contribution in [0.5, 0.6) is 0 Å². The Morgan fingerprint density at radius 1 is 1.32 bits per heavy atom. The van der Waals surface area contributed by atoms with E-state index in [2.05, 4.69) is 41.6 Å². The van der Waals surface area contributed by atoms with Gasteiger partial charge in [0.1, 0.15) is 0 Å². The molecule has 1 saturated carbocycles. The molecule has 1 saturated heterocycles. The number of fused-ring (bicyclic) bond motifs is 2. The molecule has 2 N–H and O–H groups in total. The molecule has 4 nitrogen and oxygen atoms in total. The predicted octanol–water partition coefficient (Wildman–Crippen LogP) is 2.54. The molecule has 2 heterocycles. The maximum Gasteiger partial charge on any atom is 0.224 e. The summed E-state index contributed by atoms with van der Waals surface area (Å²) in [5, 5.41) is 8.87. The number of nitrogens with one attached hydrogen (secondary N) is 2. The molecule has 1 amide bonds. The van der Waals surface area contributed by atoms with Crippen LogP contribution in [-0.4, -0.2) is 24.0 Å². The van der Waals surface area contributed by atoms with Gasteiger partial charge in [-0.05, 0) is 55.8 Å². The molecule has 1 unspecified atom stereocenters. The first-order valence-corrected chi connectivity index (χ1v) is 7.94. The molecular weight excluding hydrogens is 274 g/mol. The molecule has 2 aromatic rings. The van der Waals surface area contributed by atoms with E-state index in [0.717, 1.165) is 29.4 Å². The monoisotopic (exact) mass is 299 g/mol. The molecule has 2 fully saturated rings. The second-order valence-corrected chi connectivity index (χ2v) is 7.03. The second kappa shape index (κ2) is 4.78. The van der Waals surface area contributed by atoms with Gasteiger partial charge in [-0.3, -0.25) is 9.78 Å². The zero-order valence-electron chi connectivity index (χ0n) is 13.0. The van der Waals surface area contributed by atoms with Crippen LogP contribution in [0, 0.1) is 17.8 Å². The standard InChI is InChI=1S/C18H21N3O.2H2/c1-18(2,21-17(22)16-13-9-20-10-14(13)16)15-5-3-4-11-8-19-7-6-12(11)15;;/h3-8,13-14,16,20H,9-10H2,1-2H3,(H,21,22);2*1H/t13-,14+,16?;;. The lowest BCUT2D eigenvalue weighted by molar-refractivity contribution is -0.124. The summed E-state index contributed by atoms with van der Waals surface area (Å²) in [6.07, 6.45) is 3.67. The van der Waals surface area contributed by atoms with E-state index >= 15 is 0 Å². The summed E-state index contributed by atoms with van der Waals surface area (Å²) in [6.45, 7) is 6.14. The van der Waals surface area contributed by atoms with Crippen LogP contribution in [0.1, 0.15) is 22.3 Å². The zero-order valence-corrected chi connectivity index (χ0v) is 13.0. The number of rotatable bonds is 3. The Morgan fingerprint density at radius 3 is 2.86 bits per heavy atom. The Kier molecular flexibility index (Phi) is 2.98. The van der Waals surface area contributed by atoms with Gasteiger partial charge in [-0.25, -0.2) is 0 Å². The molecule has 4 rings (SSSR count). The number of hydrogen-bond acceptors (Lipinski definition) is 3. The third-order valence-electron chi connectivity index (χ3n) is 5.18. The maximum atomic E-state index is 12.6. The van der Waals surface area contributed by atoms with Crippen LogP contribution in [-0.2, 0) is 10.3 Å². The van der Waals surface area contributed by atoms with Crippen LogP contribution < -0.4 is 10.6 Å². The van der Waals surface area contributed by atoms with Crippen LogP contribution in [0.15, 0.2) is 36.7 Å². The first-order chi connectivity index (χ1) is 10.6. The highest BCUT2D eigenvalue weighted by molar-refractivity contribution is 5.88. The van der Waals surface area contributed by atoms with E-state index in [4.69, 9.17) is 0 Å². The Bertz CT molecular complexity index is 735. The summed E-state index contributed by atoms with van der Waals surface area (Å²) in [4.78, 5) is 16.8. The fourth-order valence-corrected chi connectivity index (χ4v) is 3.93. The van der Waals surface area contributed by atoms with E-state index in [1.54, 1.807) is 6.20 Å². The van der Waals surface area contributed by atoms with Crippen molar-refractivity contribution in [2.24, 2.45) is 17.8 Å². The van der Waals surface area contributed by atoms with Crippen LogP contribution in [0.3, 0.4) is 0 Å². The number of piperidine rings is 1. The molecule has 1 aromatic carbocycles. The van der Waals surface area contributed by atoms with Gasteiger partial charge in [0, 0.05) is 26.6 Å². The molecule has 1 aliphatic heterocycles. The largest absolute Gasteiger partial charge is 0.347 e.